The van der Waals surface area contributed by atoms with E-state index in [4.69, 9.17) is 0 Å². The molecule has 1 atom stereocenters. The SMILES string of the molecule is CC(C=O)Cc1cccc(Br)c1C(F)(F)F. The summed E-state index contributed by atoms with van der Waals surface area (Å²) >= 11 is 2.89. The van der Waals surface area contributed by atoms with Gasteiger partial charge < -0.3 is 4.79 Å². The van der Waals surface area contributed by atoms with Crippen molar-refractivity contribution in [2.75, 3.05) is 0 Å². The number of hydrogen-bond donors (Lipinski definition) is 0. The van der Waals surface area contributed by atoms with Gasteiger partial charge in [0.25, 0.3) is 0 Å². The van der Waals surface area contributed by atoms with Crippen LogP contribution in [0.3, 0.4) is 0 Å². The van der Waals surface area contributed by atoms with Gasteiger partial charge in [0.15, 0.2) is 0 Å². The molecule has 0 aromatic heterocycles. The molecule has 0 bridgehead atoms. The summed E-state index contributed by atoms with van der Waals surface area (Å²) in [5.74, 6) is -0.421. The van der Waals surface area contributed by atoms with Crippen LogP contribution in [0.25, 0.3) is 0 Å². The fourth-order valence-electron chi connectivity index (χ4n) is 1.45. The molecule has 1 nitrogen and oxygen atoms in total. The average molecular weight is 295 g/mol. The molecule has 0 heterocycles. The highest BCUT2D eigenvalue weighted by atomic mass is 79.9. The Labute approximate surface area is 99.8 Å². The van der Waals surface area contributed by atoms with Gasteiger partial charge in [-0.3, -0.25) is 0 Å². The number of hydrogen-bond acceptors (Lipinski definition) is 1. The Hall–Kier alpha value is -0.840. The van der Waals surface area contributed by atoms with Crippen LogP contribution in [-0.2, 0) is 17.4 Å². The highest BCUT2D eigenvalue weighted by Crippen LogP contribution is 2.37. The minimum atomic E-state index is -4.40. The summed E-state index contributed by atoms with van der Waals surface area (Å²) in [5.41, 5.74) is -0.551. The second kappa shape index (κ2) is 4.99. The summed E-state index contributed by atoms with van der Waals surface area (Å²) in [6.07, 6.45) is -3.66. The monoisotopic (exact) mass is 294 g/mol. The van der Waals surface area contributed by atoms with Crippen molar-refractivity contribution in [3.05, 3.63) is 33.8 Å². The van der Waals surface area contributed by atoms with Gasteiger partial charge in [0.05, 0.1) is 5.56 Å². The molecule has 1 unspecified atom stereocenters. The van der Waals surface area contributed by atoms with Crippen molar-refractivity contribution in [3.8, 4) is 0 Å². The van der Waals surface area contributed by atoms with E-state index in [1.165, 1.54) is 18.2 Å². The number of benzene rings is 1. The molecule has 1 rings (SSSR count). The maximum absolute atomic E-state index is 12.7. The van der Waals surface area contributed by atoms with Crippen LogP contribution in [0.5, 0.6) is 0 Å². The molecule has 88 valence electrons. The van der Waals surface area contributed by atoms with Crippen LogP contribution < -0.4 is 0 Å². The van der Waals surface area contributed by atoms with E-state index < -0.39 is 17.7 Å². The Morgan fingerprint density at radius 2 is 2.06 bits per heavy atom. The molecule has 0 spiro atoms. The first kappa shape index (κ1) is 13.2. The zero-order valence-corrected chi connectivity index (χ0v) is 10.1. The predicted molar refractivity (Wildman–Crippen MR) is 58.1 cm³/mol. The highest BCUT2D eigenvalue weighted by Gasteiger charge is 2.35. The third kappa shape index (κ3) is 3.07. The van der Waals surface area contributed by atoms with E-state index in [9.17, 15) is 18.0 Å². The van der Waals surface area contributed by atoms with Gasteiger partial charge in [-0.2, -0.15) is 13.2 Å². The van der Waals surface area contributed by atoms with Gasteiger partial charge >= 0.3 is 6.18 Å². The maximum Gasteiger partial charge on any atom is 0.417 e. The molecule has 0 aliphatic carbocycles. The van der Waals surface area contributed by atoms with E-state index >= 15 is 0 Å². The first-order valence-corrected chi connectivity index (χ1v) is 5.45. The number of rotatable bonds is 3. The molecule has 16 heavy (non-hydrogen) atoms. The zero-order valence-electron chi connectivity index (χ0n) is 8.51. The summed E-state index contributed by atoms with van der Waals surface area (Å²) < 4.78 is 38.2. The average Bonchev–Trinajstić information content (AvgIpc) is 2.15. The number of alkyl halides is 3. The second-order valence-corrected chi connectivity index (χ2v) is 4.44. The Morgan fingerprint density at radius 3 is 2.56 bits per heavy atom. The van der Waals surface area contributed by atoms with Crippen molar-refractivity contribution in [2.45, 2.75) is 19.5 Å². The van der Waals surface area contributed by atoms with Crippen LogP contribution in [0.15, 0.2) is 22.7 Å². The van der Waals surface area contributed by atoms with E-state index in [1.807, 2.05) is 0 Å². The number of carbonyl (C=O) groups excluding carboxylic acids is 1. The van der Waals surface area contributed by atoms with Crippen LogP contribution in [0.1, 0.15) is 18.1 Å². The molecule has 0 fully saturated rings. The molecule has 5 heteroatoms. The number of carbonyl (C=O) groups is 1. The van der Waals surface area contributed by atoms with Crippen molar-refractivity contribution >= 4 is 22.2 Å². The minimum absolute atomic E-state index is 0.00981. The fraction of sp³-hybridized carbons (Fsp3) is 0.364. The van der Waals surface area contributed by atoms with Crippen molar-refractivity contribution in [3.63, 3.8) is 0 Å². The lowest BCUT2D eigenvalue weighted by Gasteiger charge is -2.15. The number of aldehydes is 1. The van der Waals surface area contributed by atoms with Crippen molar-refractivity contribution in [1.82, 2.24) is 0 Å². The largest absolute Gasteiger partial charge is 0.417 e. The molecule has 0 amide bonds. The summed E-state index contributed by atoms with van der Waals surface area (Å²) in [5, 5.41) is 0. The predicted octanol–water partition coefficient (Wildman–Crippen LogP) is 3.85. The maximum atomic E-state index is 12.7. The molecule has 0 saturated carbocycles. The van der Waals surface area contributed by atoms with Gasteiger partial charge in [-0.1, -0.05) is 35.0 Å². The van der Waals surface area contributed by atoms with Crippen LogP contribution in [0.4, 0.5) is 13.2 Å². The smallest absolute Gasteiger partial charge is 0.303 e. The Morgan fingerprint density at radius 1 is 1.44 bits per heavy atom. The molecule has 0 saturated heterocycles. The molecule has 0 aliphatic heterocycles. The van der Waals surface area contributed by atoms with Gasteiger partial charge in [-0.05, 0) is 18.1 Å². The van der Waals surface area contributed by atoms with E-state index in [2.05, 4.69) is 15.9 Å². The lowest BCUT2D eigenvalue weighted by atomic mass is 9.97. The molecular formula is C11H10BrF3O. The van der Waals surface area contributed by atoms with E-state index in [-0.39, 0.29) is 16.5 Å². The van der Waals surface area contributed by atoms with Crippen LogP contribution >= 0.6 is 15.9 Å². The van der Waals surface area contributed by atoms with E-state index in [1.54, 1.807) is 6.92 Å². The summed E-state index contributed by atoms with van der Waals surface area (Å²) in [6, 6.07) is 4.28. The topological polar surface area (TPSA) is 17.1 Å². The van der Waals surface area contributed by atoms with Crippen LogP contribution in [0.2, 0.25) is 0 Å². The fourth-order valence-corrected chi connectivity index (χ4v) is 2.08. The standard InChI is InChI=1S/C11H10BrF3O/c1-7(6-16)5-8-3-2-4-9(12)10(8)11(13,14)15/h2-4,6-7H,5H2,1H3. The van der Waals surface area contributed by atoms with Gasteiger partial charge in [0, 0.05) is 10.4 Å². The molecule has 1 aromatic rings. The van der Waals surface area contributed by atoms with Crippen LogP contribution in [-0.4, -0.2) is 6.29 Å². The third-order valence-electron chi connectivity index (χ3n) is 2.16. The van der Waals surface area contributed by atoms with Crippen molar-refractivity contribution in [1.29, 1.82) is 0 Å². The quantitative estimate of drug-likeness (QED) is 0.774. The van der Waals surface area contributed by atoms with Gasteiger partial charge in [0.1, 0.15) is 6.29 Å². The third-order valence-corrected chi connectivity index (χ3v) is 2.82. The lowest BCUT2D eigenvalue weighted by molar-refractivity contribution is -0.139. The Balaban J connectivity index is 3.18. The highest BCUT2D eigenvalue weighted by molar-refractivity contribution is 9.10. The first-order valence-electron chi connectivity index (χ1n) is 4.66. The van der Waals surface area contributed by atoms with E-state index in [0.29, 0.717) is 6.29 Å². The van der Waals surface area contributed by atoms with Gasteiger partial charge in [-0.15, -0.1) is 0 Å². The molecule has 0 radical (unpaired) electrons. The summed E-state index contributed by atoms with van der Waals surface area (Å²) in [6.45, 7) is 1.59. The molecule has 0 aliphatic rings. The second-order valence-electron chi connectivity index (χ2n) is 3.59. The normalized spacial score (nSPS) is 13.6. The molecule has 0 N–H and O–H groups in total. The van der Waals surface area contributed by atoms with E-state index in [0.717, 1.165) is 0 Å². The van der Waals surface area contributed by atoms with Crippen molar-refractivity contribution in [2.24, 2.45) is 5.92 Å². The lowest BCUT2D eigenvalue weighted by Crippen LogP contribution is -2.13. The summed E-state index contributed by atoms with van der Waals surface area (Å²) in [4.78, 5) is 10.5. The van der Waals surface area contributed by atoms with Crippen LogP contribution in [0, 0.1) is 5.92 Å². The van der Waals surface area contributed by atoms with Gasteiger partial charge in [-0.25, -0.2) is 0 Å². The summed E-state index contributed by atoms with van der Waals surface area (Å²) in [7, 11) is 0. The Bertz CT molecular complexity index is 387. The van der Waals surface area contributed by atoms with Gasteiger partial charge in [0.2, 0.25) is 0 Å². The molecular weight excluding hydrogens is 285 g/mol. The van der Waals surface area contributed by atoms with Crippen molar-refractivity contribution < 1.29 is 18.0 Å². The minimum Gasteiger partial charge on any atom is -0.303 e. The Kier molecular flexibility index (Phi) is 4.13. The first-order chi connectivity index (χ1) is 7.36. The molecule has 1 aromatic carbocycles. The zero-order chi connectivity index (χ0) is 12.3. The number of halogens is 4.